The first-order chi connectivity index (χ1) is 14.6. The molecule has 31 heavy (non-hydrogen) atoms. The summed E-state index contributed by atoms with van der Waals surface area (Å²) in [5.41, 5.74) is 1.98. The molecule has 2 fully saturated rings. The molecule has 1 aromatic heterocycles. The van der Waals surface area contributed by atoms with Crippen molar-refractivity contribution in [2.75, 3.05) is 4.72 Å². The van der Waals surface area contributed by atoms with E-state index in [0.717, 1.165) is 35.4 Å². The van der Waals surface area contributed by atoms with Crippen molar-refractivity contribution >= 4 is 32.5 Å². The number of esters is 1. The van der Waals surface area contributed by atoms with E-state index in [0.29, 0.717) is 5.13 Å². The summed E-state index contributed by atoms with van der Waals surface area (Å²) in [6.45, 7) is 8.35. The number of hydrogen-bond donors (Lipinski definition) is 1. The van der Waals surface area contributed by atoms with Gasteiger partial charge in [-0.2, -0.15) is 0 Å². The topological polar surface area (TPSA) is 85.4 Å². The number of nitrogens with zero attached hydrogens (tertiary/aromatic N) is 1. The van der Waals surface area contributed by atoms with Crippen LogP contribution in [0.4, 0.5) is 5.13 Å². The molecule has 1 saturated heterocycles. The zero-order valence-electron chi connectivity index (χ0n) is 18.2. The van der Waals surface area contributed by atoms with Crippen LogP contribution in [0.2, 0.25) is 0 Å². The summed E-state index contributed by atoms with van der Waals surface area (Å²) in [6, 6.07) is 6.79. The van der Waals surface area contributed by atoms with Gasteiger partial charge in [0.05, 0.1) is 16.5 Å². The van der Waals surface area contributed by atoms with Crippen LogP contribution < -0.4 is 4.72 Å². The van der Waals surface area contributed by atoms with Crippen LogP contribution in [-0.4, -0.2) is 25.5 Å². The number of carbonyl (C=O) groups excluding carboxylic acids is 1. The molecule has 1 N–H and O–H groups in total. The van der Waals surface area contributed by atoms with Crippen molar-refractivity contribution in [1.29, 1.82) is 0 Å². The van der Waals surface area contributed by atoms with E-state index in [1.54, 1.807) is 24.3 Å². The highest BCUT2D eigenvalue weighted by atomic mass is 32.2. The van der Waals surface area contributed by atoms with Gasteiger partial charge in [-0.25, -0.2) is 13.4 Å². The summed E-state index contributed by atoms with van der Waals surface area (Å²) in [6.07, 6.45) is 2.82. The van der Waals surface area contributed by atoms with Crippen LogP contribution in [0, 0.1) is 30.1 Å². The monoisotopic (exact) mass is 460 g/mol. The molecule has 1 saturated carbocycles. The molecule has 8 heteroatoms. The van der Waals surface area contributed by atoms with Gasteiger partial charge in [-0.3, -0.25) is 9.52 Å². The number of aromatic nitrogens is 1. The van der Waals surface area contributed by atoms with Crippen LogP contribution in [0.15, 0.2) is 29.2 Å². The van der Waals surface area contributed by atoms with Crippen LogP contribution in [0.25, 0.3) is 0 Å². The normalized spacial score (nSPS) is 34.5. The average Bonchev–Trinajstić information content (AvgIpc) is 3.21. The first-order valence-electron chi connectivity index (χ1n) is 10.9. The Morgan fingerprint density at radius 1 is 1.19 bits per heavy atom. The predicted molar refractivity (Wildman–Crippen MR) is 120 cm³/mol. The van der Waals surface area contributed by atoms with Gasteiger partial charge >= 0.3 is 5.97 Å². The molecule has 0 bridgehead atoms. The minimum atomic E-state index is -3.69. The third kappa shape index (κ3) is 3.30. The van der Waals surface area contributed by atoms with E-state index in [9.17, 15) is 13.2 Å². The highest BCUT2D eigenvalue weighted by molar-refractivity contribution is 7.93. The van der Waals surface area contributed by atoms with Crippen LogP contribution >= 0.6 is 11.3 Å². The summed E-state index contributed by atoms with van der Waals surface area (Å²) in [4.78, 5) is 18.4. The van der Waals surface area contributed by atoms with Gasteiger partial charge in [0, 0.05) is 22.6 Å². The van der Waals surface area contributed by atoms with Gasteiger partial charge in [-0.05, 0) is 43.7 Å². The Labute approximate surface area is 187 Å². The highest BCUT2D eigenvalue weighted by Gasteiger charge is 2.58. The van der Waals surface area contributed by atoms with E-state index in [-0.39, 0.29) is 46.1 Å². The van der Waals surface area contributed by atoms with Gasteiger partial charge in [0.2, 0.25) is 0 Å². The quantitative estimate of drug-likeness (QED) is 0.682. The van der Waals surface area contributed by atoms with Gasteiger partial charge in [0.15, 0.2) is 5.13 Å². The zero-order valence-corrected chi connectivity index (χ0v) is 19.8. The molecule has 2 heterocycles. The van der Waals surface area contributed by atoms with Crippen LogP contribution in [-0.2, 0) is 26.0 Å². The maximum absolute atomic E-state index is 12.8. The van der Waals surface area contributed by atoms with Crippen molar-refractivity contribution in [2.24, 2.45) is 23.2 Å². The molecule has 0 unspecified atom stereocenters. The van der Waals surface area contributed by atoms with Crippen molar-refractivity contribution in [1.82, 2.24) is 4.98 Å². The van der Waals surface area contributed by atoms with Crippen molar-refractivity contribution in [3.05, 3.63) is 40.4 Å². The second kappa shape index (κ2) is 7.04. The van der Waals surface area contributed by atoms with Gasteiger partial charge in [0.25, 0.3) is 10.0 Å². The standard InChI is InChI=1S/C23H28N2O4S2/c1-12-5-7-15(8-6-12)31(27,28)25-22-24-19-14(3)18-20-16(13(2)21(26)29-20)9-10-23(18,4)11-17(19)30-22/h5-8,13-14,16,18,20H,9-11H2,1-4H3,(H,24,25)/t13-,14-,16-,18+,20-,23-/m0/s1. The van der Waals surface area contributed by atoms with E-state index in [4.69, 9.17) is 9.72 Å². The SMILES string of the molecule is Cc1ccc(S(=O)(=O)Nc2nc3c(s2)C[C@]2(C)CC[C@@H]4[C@H](OC(=O)[C@H]4C)[C@H]2[C@@H]3C)cc1. The number of carbonyl (C=O) groups is 1. The van der Waals surface area contributed by atoms with Gasteiger partial charge in [-0.1, -0.05) is 38.5 Å². The van der Waals surface area contributed by atoms with Crippen molar-refractivity contribution in [3.8, 4) is 0 Å². The molecule has 2 aromatic rings. The second-order valence-electron chi connectivity index (χ2n) is 9.78. The summed E-state index contributed by atoms with van der Waals surface area (Å²) in [5, 5.41) is 0.410. The molecular weight excluding hydrogens is 432 g/mol. The maximum atomic E-state index is 12.8. The van der Waals surface area contributed by atoms with Gasteiger partial charge < -0.3 is 4.74 Å². The third-order valence-electron chi connectivity index (χ3n) is 7.71. The summed E-state index contributed by atoms with van der Waals surface area (Å²) < 4.78 is 34.2. The molecule has 2 aliphatic carbocycles. The van der Waals surface area contributed by atoms with Crippen LogP contribution in [0.3, 0.4) is 0 Å². The number of nitrogens with one attached hydrogen (secondary N) is 1. The molecule has 0 radical (unpaired) electrons. The Balaban J connectivity index is 1.45. The van der Waals surface area contributed by atoms with Crippen LogP contribution in [0.5, 0.6) is 0 Å². The lowest BCUT2D eigenvalue weighted by atomic mass is 9.54. The fraction of sp³-hybridized carbons (Fsp3) is 0.565. The zero-order chi connectivity index (χ0) is 22.1. The first-order valence-corrected chi connectivity index (χ1v) is 13.2. The first kappa shape index (κ1) is 20.9. The van der Waals surface area contributed by atoms with E-state index < -0.39 is 10.0 Å². The van der Waals surface area contributed by atoms with Crippen LogP contribution in [0.1, 0.15) is 55.7 Å². The number of aryl methyl sites for hydroxylation is 1. The number of anilines is 1. The van der Waals surface area contributed by atoms with Gasteiger partial charge in [0.1, 0.15) is 6.10 Å². The largest absolute Gasteiger partial charge is 0.461 e. The van der Waals surface area contributed by atoms with E-state index in [1.807, 2.05) is 13.8 Å². The minimum absolute atomic E-state index is 0.0254. The lowest BCUT2D eigenvalue weighted by molar-refractivity contribution is -0.149. The number of thiazole rings is 1. The van der Waals surface area contributed by atoms with E-state index in [1.165, 1.54) is 11.3 Å². The minimum Gasteiger partial charge on any atom is -0.461 e. The molecule has 1 aromatic carbocycles. The third-order valence-corrected chi connectivity index (χ3v) is 10.2. The molecule has 5 rings (SSSR count). The molecule has 6 nitrogen and oxygen atoms in total. The average molecular weight is 461 g/mol. The van der Waals surface area contributed by atoms with E-state index in [2.05, 4.69) is 18.6 Å². The Morgan fingerprint density at radius 3 is 2.61 bits per heavy atom. The Bertz CT molecular complexity index is 1140. The number of hydrogen-bond acceptors (Lipinski definition) is 6. The number of sulfonamides is 1. The number of ether oxygens (including phenoxy) is 1. The summed E-state index contributed by atoms with van der Waals surface area (Å²) in [5.74, 6) is 0.454. The molecule has 0 amide bonds. The summed E-state index contributed by atoms with van der Waals surface area (Å²) >= 11 is 1.44. The summed E-state index contributed by atoms with van der Waals surface area (Å²) in [7, 11) is -3.69. The second-order valence-corrected chi connectivity index (χ2v) is 12.5. The van der Waals surface area contributed by atoms with Gasteiger partial charge in [-0.15, -0.1) is 11.3 Å². The fourth-order valence-corrected chi connectivity index (χ4v) is 8.51. The predicted octanol–water partition coefficient (Wildman–Crippen LogP) is 4.51. The Morgan fingerprint density at radius 2 is 1.90 bits per heavy atom. The molecule has 6 atom stereocenters. The highest BCUT2D eigenvalue weighted by Crippen LogP contribution is 2.59. The van der Waals surface area contributed by atoms with Crippen molar-refractivity contribution in [3.63, 3.8) is 0 Å². The maximum Gasteiger partial charge on any atom is 0.309 e. The molecule has 3 aliphatic rings. The fourth-order valence-electron chi connectivity index (χ4n) is 6.01. The molecular formula is C23H28N2O4S2. The van der Waals surface area contributed by atoms with E-state index >= 15 is 0 Å². The van der Waals surface area contributed by atoms with Crippen molar-refractivity contribution in [2.45, 2.75) is 63.9 Å². The molecule has 1 aliphatic heterocycles. The number of benzene rings is 1. The lowest BCUT2D eigenvalue weighted by Crippen LogP contribution is -2.50. The Hall–Kier alpha value is -1.93. The number of rotatable bonds is 3. The lowest BCUT2D eigenvalue weighted by Gasteiger charge is -2.51. The van der Waals surface area contributed by atoms with Crippen molar-refractivity contribution < 1.29 is 17.9 Å². The number of fused-ring (bicyclic) bond motifs is 4. The molecule has 0 spiro atoms. The smallest absolute Gasteiger partial charge is 0.309 e. The Kier molecular flexibility index (Phi) is 4.75. The molecule has 166 valence electrons.